The maximum absolute atomic E-state index is 13.3. The van der Waals surface area contributed by atoms with Crippen LogP contribution in [0.4, 0.5) is 5.69 Å². The van der Waals surface area contributed by atoms with Crippen LogP contribution < -0.4 is 10.4 Å². The van der Waals surface area contributed by atoms with E-state index < -0.39 is 23.4 Å². The van der Waals surface area contributed by atoms with E-state index in [0.717, 1.165) is 0 Å². The summed E-state index contributed by atoms with van der Waals surface area (Å²) >= 11 is 12.5. The van der Waals surface area contributed by atoms with E-state index in [1.165, 1.54) is 9.91 Å². The molecule has 1 unspecified atom stereocenters. The van der Waals surface area contributed by atoms with Crippen molar-refractivity contribution in [2.45, 2.75) is 32.3 Å². The quantitative estimate of drug-likeness (QED) is 0.640. The van der Waals surface area contributed by atoms with Gasteiger partial charge in [0.2, 0.25) is 0 Å². The number of hydrazine groups is 1. The van der Waals surface area contributed by atoms with E-state index in [9.17, 15) is 14.4 Å². The average Bonchev–Trinajstić information content (AvgIpc) is 2.91. The molecule has 0 bridgehead atoms. The Kier molecular flexibility index (Phi) is 7.12. The van der Waals surface area contributed by atoms with Crippen molar-refractivity contribution in [2.75, 3.05) is 25.1 Å². The van der Waals surface area contributed by atoms with E-state index in [1.807, 2.05) is 0 Å². The highest BCUT2D eigenvalue weighted by atomic mass is 35.5. The van der Waals surface area contributed by atoms with E-state index >= 15 is 0 Å². The van der Waals surface area contributed by atoms with Crippen molar-refractivity contribution in [3.8, 4) is 0 Å². The molecule has 0 fully saturated rings. The van der Waals surface area contributed by atoms with Gasteiger partial charge in [-0.1, -0.05) is 41.4 Å². The monoisotopic (exact) mass is 477 g/mol. The number of anilines is 1. The number of hydrogen-bond donors (Lipinski definition) is 1. The van der Waals surface area contributed by atoms with Gasteiger partial charge in [0, 0.05) is 10.0 Å². The number of nitrogens with one attached hydrogen (secondary N) is 1. The first-order valence-electron chi connectivity index (χ1n) is 10.0. The Morgan fingerprint density at radius 3 is 2.44 bits per heavy atom. The summed E-state index contributed by atoms with van der Waals surface area (Å²) in [7, 11) is 1.62. The van der Waals surface area contributed by atoms with Gasteiger partial charge in [-0.2, -0.15) is 0 Å². The molecular formula is C23H25Cl2N3O4. The zero-order chi connectivity index (χ0) is 23.6. The molecule has 0 aliphatic carbocycles. The van der Waals surface area contributed by atoms with Gasteiger partial charge in [0.25, 0.3) is 11.8 Å². The molecule has 1 heterocycles. The lowest BCUT2D eigenvalue weighted by atomic mass is 9.92. The Balaban J connectivity index is 1.76. The molecule has 2 aromatic carbocycles. The van der Waals surface area contributed by atoms with Crippen molar-refractivity contribution in [1.29, 1.82) is 0 Å². The summed E-state index contributed by atoms with van der Waals surface area (Å²) in [6.07, 6.45) is 0. The number of ether oxygens (including phenoxy) is 1. The molecule has 3 rings (SSSR count). The van der Waals surface area contributed by atoms with E-state index in [4.69, 9.17) is 27.9 Å². The molecule has 9 heteroatoms. The van der Waals surface area contributed by atoms with Crippen molar-refractivity contribution in [3.05, 3.63) is 63.6 Å². The highest BCUT2D eigenvalue weighted by Crippen LogP contribution is 2.43. The number of amides is 2. The Morgan fingerprint density at radius 1 is 1.09 bits per heavy atom. The van der Waals surface area contributed by atoms with Crippen LogP contribution in [0.25, 0.3) is 0 Å². The number of carbonyl (C=O) groups is 3. The highest BCUT2D eigenvalue weighted by molar-refractivity contribution is 6.32. The molecule has 170 valence electrons. The smallest absolute Gasteiger partial charge is 0.320 e. The number of halogens is 2. The summed E-state index contributed by atoms with van der Waals surface area (Å²) < 4.78 is 5.27. The van der Waals surface area contributed by atoms with Crippen molar-refractivity contribution in [3.63, 3.8) is 0 Å². The van der Waals surface area contributed by atoms with Gasteiger partial charge < -0.3 is 4.74 Å². The number of benzene rings is 2. The largest absolute Gasteiger partial charge is 0.459 e. The summed E-state index contributed by atoms with van der Waals surface area (Å²) in [5.41, 5.74) is 3.83. The molecule has 7 nitrogen and oxygen atoms in total. The molecule has 2 amide bonds. The zero-order valence-electron chi connectivity index (χ0n) is 18.3. The molecule has 0 spiro atoms. The first kappa shape index (κ1) is 24.0. The molecule has 1 atom stereocenters. The minimum Gasteiger partial charge on any atom is -0.459 e. The highest BCUT2D eigenvalue weighted by Gasteiger charge is 2.40. The van der Waals surface area contributed by atoms with Gasteiger partial charge in [0.05, 0.1) is 24.7 Å². The fourth-order valence-corrected chi connectivity index (χ4v) is 3.95. The molecular weight excluding hydrogens is 453 g/mol. The molecule has 2 aromatic rings. The standard InChI is InChI=1S/C23H25Cl2N3O4/c1-23(2,3)32-20(30)13-27(4)12-19(29)26-28-18-10-9-14(24)11-16(18)21(22(28)31)15-7-5-6-8-17(15)25/h5-11,21H,12-13H2,1-4H3,(H,26,29). The molecule has 0 saturated carbocycles. The Labute approximate surface area is 197 Å². The van der Waals surface area contributed by atoms with Crippen LogP contribution in [-0.4, -0.2) is 48.4 Å². The lowest BCUT2D eigenvalue weighted by Crippen LogP contribution is -2.49. The van der Waals surface area contributed by atoms with Crippen LogP contribution >= 0.6 is 23.2 Å². The summed E-state index contributed by atoms with van der Waals surface area (Å²) in [4.78, 5) is 39.5. The number of likely N-dealkylation sites (N-methyl/N-ethyl adjacent to an activating group) is 1. The maximum Gasteiger partial charge on any atom is 0.320 e. The van der Waals surface area contributed by atoms with E-state index in [-0.39, 0.29) is 19.0 Å². The van der Waals surface area contributed by atoms with Crippen LogP contribution in [-0.2, 0) is 19.1 Å². The van der Waals surface area contributed by atoms with Crippen LogP contribution in [0.3, 0.4) is 0 Å². The zero-order valence-corrected chi connectivity index (χ0v) is 19.8. The third-order valence-electron chi connectivity index (χ3n) is 4.69. The fraction of sp³-hybridized carbons (Fsp3) is 0.348. The van der Waals surface area contributed by atoms with Crippen molar-refractivity contribution in [2.24, 2.45) is 0 Å². The van der Waals surface area contributed by atoms with Gasteiger partial charge in [-0.25, -0.2) is 5.01 Å². The van der Waals surface area contributed by atoms with Gasteiger partial charge >= 0.3 is 5.97 Å². The predicted molar refractivity (Wildman–Crippen MR) is 124 cm³/mol. The molecule has 0 radical (unpaired) electrons. The first-order chi connectivity index (χ1) is 15.0. The fourth-order valence-electron chi connectivity index (χ4n) is 3.52. The second-order valence-corrected chi connectivity index (χ2v) is 9.47. The molecule has 1 N–H and O–H groups in total. The minimum atomic E-state index is -0.697. The second kappa shape index (κ2) is 9.48. The Hall–Kier alpha value is -2.61. The summed E-state index contributed by atoms with van der Waals surface area (Å²) in [6.45, 7) is 5.15. The molecule has 0 saturated heterocycles. The number of fused-ring (bicyclic) bond motifs is 1. The van der Waals surface area contributed by atoms with Gasteiger partial charge in [0.15, 0.2) is 0 Å². The first-order valence-corrected chi connectivity index (χ1v) is 10.8. The Bertz CT molecular complexity index is 1050. The van der Waals surface area contributed by atoms with Gasteiger partial charge in [0.1, 0.15) is 5.60 Å². The summed E-state index contributed by atoms with van der Waals surface area (Å²) in [5.74, 6) is -1.94. The lowest BCUT2D eigenvalue weighted by molar-refractivity contribution is -0.155. The number of esters is 1. The number of carbonyl (C=O) groups excluding carboxylic acids is 3. The third kappa shape index (κ3) is 5.59. The van der Waals surface area contributed by atoms with Crippen LogP contribution in [0.5, 0.6) is 0 Å². The molecule has 0 aromatic heterocycles. The average molecular weight is 478 g/mol. The van der Waals surface area contributed by atoms with Gasteiger partial charge in [-0.3, -0.25) is 24.7 Å². The van der Waals surface area contributed by atoms with Crippen LogP contribution in [0, 0.1) is 0 Å². The van der Waals surface area contributed by atoms with Gasteiger partial charge in [-0.15, -0.1) is 0 Å². The van der Waals surface area contributed by atoms with Crippen LogP contribution in [0.1, 0.15) is 37.8 Å². The molecule has 1 aliphatic heterocycles. The number of hydrogen-bond acceptors (Lipinski definition) is 5. The van der Waals surface area contributed by atoms with Crippen LogP contribution in [0.15, 0.2) is 42.5 Å². The second-order valence-electron chi connectivity index (χ2n) is 8.63. The maximum atomic E-state index is 13.3. The van der Waals surface area contributed by atoms with Crippen LogP contribution in [0.2, 0.25) is 10.0 Å². The minimum absolute atomic E-state index is 0.0624. The Morgan fingerprint density at radius 2 is 1.78 bits per heavy atom. The number of rotatable bonds is 6. The number of nitrogens with zero attached hydrogens (tertiary/aromatic N) is 2. The normalized spacial score (nSPS) is 15.7. The van der Waals surface area contributed by atoms with Crippen molar-refractivity contribution >= 4 is 46.7 Å². The lowest BCUT2D eigenvalue weighted by Gasteiger charge is -2.23. The summed E-state index contributed by atoms with van der Waals surface area (Å²) in [6, 6.07) is 12.1. The predicted octanol–water partition coefficient (Wildman–Crippen LogP) is 3.78. The molecule has 32 heavy (non-hydrogen) atoms. The van der Waals surface area contributed by atoms with E-state index in [1.54, 1.807) is 70.3 Å². The molecule has 1 aliphatic rings. The summed E-state index contributed by atoms with van der Waals surface area (Å²) in [5, 5.41) is 2.13. The van der Waals surface area contributed by atoms with E-state index in [2.05, 4.69) is 5.43 Å². The van der Waals surface area contributed by atoms with Crippen molar-refractivity contribution in [1.82, 2.24) is 10.3 Å². The van der Waals surface area contributed by atoms with Gasteiger partial charge in [-0.05, 0) is 63.2 Å². The third-order valence-corrected chi connectivity index (χ3v) is 5.27. The SMILES string of the molecule is CN(CC(=O)NN1C(=O)C(c2ccccc2Cl)c2cc(Cl)ccc21)CC(=O)OC(C)(C)C. The topological polar surface area (TPSA) is 79.0 Å². The van der Waals surface area contributed by atoms with Crippen molar-refractivity contribution < 1.29 is 19.1 Å². The van der Waals surface area contributed by atoms with E-state index in [0.29, 0.717) is 26.9 Å².